The number of piperidine rings is 1. The lowest BCUT2D eigenvalue weighted by molar-refractivity contribution is -0.136. The van der Waals surface area contributed by atoms with E-state index in [9.17, 15) is 32.9 Å². The summed E-state index contributed by atoms with van der Waals surface area (Å²) < 4.78 is 37.2. The minimum atomic E-state index is -3.50. The number of amides is 4. The van der Waals surface area contributed by atoms with E-state index < -0.39 is 45.1 Å². The Kier molecular flexibility index (Phi) is 10.9. The van der Waals surface area contributed by atoms with Gasteiger partial charge in [-0.2, -0.15) is 5.26 Å². The zero-order valence-electron chi connectivity index (χ0n) is 31.7. The van der Waals surface area contributed by atoms with Gasteiger partial charge in [0.1, 0.15) is 17.9 Å². The van der Waals surface area contributed by atoms with Crippen LogP contribution in [0.15, 0.2) is 79.0 Å². The van der Waals surface area contributed by atoms with E-state index in [0.717, 1.165) is 38.8 Å². The van der Waals surface area contributed by atoms with Crippen molar-refractivity contribution in [3.8, 4) is 28.7 Å². The molecule has 58 heavy (non-hydrogen) atoms. The number of fused-ring (bicyclic) bond motifs is 2. The van der Waals surface area contributed by atoms with Crippen LogP contribution in [0.5, 0.6) is 11.5 Å². The number of rotatable bonds is 13. The van der Waals surface area contributed by atoms with Crippen molar-refractivity contribution < 1.29 is 37.1 Å². The molecule has 0 bridgehead atoms. The van der Waals surface area contributed by atoms with E-state index in [4.69, 9.17) is 21.1 Å². The molecule has 4 amide bonds. The SMILES string of the molecule is CC(C)(c1ccc(-c2ccc3nc(NS(C)(=O)=O)ncc3c2)cc1)c1cc(Cl)c(OCCCCOc2ccc3c(c2)C(=O)N(C2CCC(=O)NC2=O)C3=O)c(C#N)c1. The number of carbonyl (C=O) groups is 4. The van der Waals surface area contributed by atoms with E-state index in [0.29, 0.717) is 40.4 Å². The van der Waals surface area contributed by atoms with Crippen LogP contribution in [0.25, 0.3) is 22.0 Å². The lowest BCUT2D eigenvalue weighted by Crippen LogP contribution is -2.54. The number of hydrogen-bond donors (Lipinski definition) is 2. The number of nitrogens with zero attached hydrogens (tertiary/aromatic N) is 4. The highest BCUT2D eigenvalue weighted by Gasteiger charge is 2.44. The van der Waals surface area contributed by atoms with Gasteiger partial charge in [-0.05, 0) is 84.0 Å². The molecule has 296 valence electrons. The molecule has 1 saturated heterocycles. The summed E-state index contributed by atoms with van der Waals surface area (Å²) in [4.78, 5) is 59.3. The van der Waals surface area contributed by atoms with E-state index in [1.54, 1.807) is 18.3 Å². The van der Waals surface area contributed by atoms with Crippen LogP contribution in [0, 0.1) is 11.3 Å². The molecule has 0 aliphatic carbocycles. The summed E-state index contributed by atoms with van der Waals surface area (Å²) >= 11 is 6.73. The van der Waals surface area contributed by atoms with Gasteiger partial charge in [-0.15, -0.1) is 0 Å². The Morgan fingerprint density at radius 2 is 1.62 bits per heavy atom. The number of carbonyl (C=O) groups excluding carboxylic acids is 4. The number of imide groups is 2. The first-order valence-corrected chi connectivity index (χ1v) is 20.6. The van der Waals surface area contributed by atoms with Gasteiger partial charge in [0.15, 0.2) is 5.75 Å². The summed E-state index contributed by atoms with van der Waals surface area (Å²) in [6.07, 6.45) is 3.87. The van der Waals surface area contributed by atoms with Crippen LogP contribution >= 0.6 is 11.6 Å². The van der Waals surface area contributed by atoms with Gasteiger partial charge in [0.05, 0.1) is 46.7 Å². The number of unbranched alkanes of at least 4 members (excludes halogenated alkanes) is 1. The molecule has 0 radical (unpaired) electrons. The van der Waals surface area contributed by atoms with Crippen molar-refractivity contribution in [2.45, 2.75) is 51.0 Å². The third-order valence-electron chi connectivity index (χ3n) is 10.1. The molecule has 4 aromatic carbocycles. The fourth-order valence-electron chi connectivity index (χ4n) is 6.97. The molecule has 5 aromatic rings. The molecule has 2 aliphatic heterocycles. The Morgan fingerprint density at radius 1 is 0.914 bits per heavy atom. The summed E-state index contributed by atoms with van der Waals surface area (Å²) in [5.74, 6) is -1.61. The Morgan fingerprint density at radius 3 is 2.33 bits per heavy atom. The van der Waals surface area contributed by atoms with Crippen molar-refractivity contribution in [1.29, 1.82) is 5.26 Å². The molecule has 16 heteroatoms. The van der Waals surface area contributed by atoms with Crippen molar-refractivity contribution in [1.82, 2.24) is 20.2 Å². The molecule has 7 rings (SSSR count). The minimum Gasteiger partial charge on any atom is -0.494 e. The van der Waals surface area contributed by atoms with Crippen LogP contribution in [0.2, 0.25) is 5.02 Å². The van der Waals surface area contributed by atoms with Gasteiger partial charge >= 0.3 is 0 Å². The number of nitrogens with one attached hydrogen (secondary N) is 2. The normalized spacial score (nSPS) is 15.6. The highest BCUT2D eigenvalue weighted by Crippen LogP contribution is 2.39. The lowest BCUT2D eigenvalue weighted by Gasteiger charge is -2.27. The van der Waals surface area contributed by atoms with Crippen LogP contribution < -0.4 is 19.5 Å². The Hall–Kier alpha value is -6.37. The van der Waals surface area contributed by atoms with E-state index in [1.165, 1.54) is 12.1 Å². The standard InChI is InChI=1S/C42H37ClN6O8S/c1-42(2,28-9-6-24(7-10-28)25-8-13-34-27(18-25)23-45-41(46-34)48-58(3,54)55)29-19-26(22-44)37(33(43)20-29)57-17-5-4-16-56-30-11-12-31-32(21-30)40(53)49(39(31)52)35-14-15-36(50)47-38(35)51/h6-13,18-21,23,35H,4-5,14-17H2,1-3H3,(H,45,46,48)(H,47,50,51). The van der Waals surface area contributed by atoms with Crippen molar-refractivity contribution in [2.75, 3.05) is 24.2 Å². The van der Waals surface area contributed by atoms with Crippen LogP contribution in [-0.4, -0.2) is 72.4 Å². The van der Waals surface area contributed by atoms with Crippen molar-refractivity contribution in [2.24, 2.45) is 0 Å². The summed E-state index contributed by atoms with van der Waals surface area (Å²) in [7, 11) is -3.50. The van der Waals surface area contributed by atoms with Crippen molar-refractivity contribution in [3.63, 3.8) is 0 Å². The maximum atomic E-state index is 13.1. The summed E-state index contributed by atoms with van der Waals surface area (Å²) in [5, 5.41) is 13.3. The molecular weight excluding hydrogens is 784 g/mol. The maximum Gasteiger partial charge on any atom is 0.262 e. The molecule has 2 N–H and O–H groups in total. The molecule has 1 aromatic heterocycles. The average molecular weight is 821 g/mol. The van der Waals surface area contributed by atoms with Crippen LogP contribution in [0.4, 0.5) is 5.95 Å². The van der Waals surface area contributed by atoms with Gasteiger partial charge in [-0.25, -0.2) is 18.4 Å². The maximum absolute atomic E-state index is 13.1. The lowest BCUT2D eigenvalue weighted by atomic mass is 9.77. The van der Waals surface area contributed by atoms with E-state index in [-0.39, 0.29) is 43.1 Å². The molecular formula is C42H37ClN6O8S. The van der Waals surface area contributed by atoms with E-state index in [2.05, 4.69) is 26.1 Å². The largest absolute Gasteiger partial charge is 0.494 e. The zero-order valence-corrected chi connectivity index (χ0v) is 33.2. The number of ether oxygens (including phenoxy) is 2. The highest BCUT2D eigenvalue weighted by atomic mass is 35.5. The first-order chi connectivity index (χ1) is 27.6. The zero-order chi connectivity index (χ0) is 41.4. The second-order valence-electron chi connectivity index (χ2n) is 14.5. The van der Waals surface area contributed by atoms with Crippen LogP contribution in [-0.2, 0) is 25.0 Å². The first-order valence-electron chi connectivity index (χ1n) is 18.3. The summed E-state index contributed by atoms with van der Waals surface area (Å²) in [6, 6.07) is 23.1. The molecule has 2 aliphatic rings. The van der Waals surface area contributed by atoms with Gasteiger partial charge in [-0.1, -0.05) is 55.8 Å². The molecule has 0 saturated carbocycles. The quantitative estimate of drug-likeness (QED) is 0.102. The number of benzene rings is 4. The second-order valence-corrected chi connectivity index (χ2v) is 16.7. The Balaban J connectivity index is 0.939. The fraction of sp³-hybridized carbons (Fsp3) is 0.262. The topological polar surface area (TPSA) is 198 Å². The van der Waals surface area contributed by atoms with Crippen molar-refractivity contribution >= 4 is 62.1 Å². The summed E-state index contributed by atoms with van der Waals surface area (Å²) in [5.41, 5.74) is 4.42. The highest BCUT2D eigenvalue weighted by molar-refractivity contribution is 7.92. The minimum absolute atomic E-state index is 0.00879. The molecule has 0 spiro atoms. The van der Waals surface area contributed by atoms with Gasteiger partial charge in [0.2, 0.25) is 27.8 Å². The van der Waals surface area contributed by atoms with Gasteiger partial charge < -0.3 is 9.47 Å². The predicted molar refractivity (Wildman–Crippen MR) is 215 cm³/mol. The number of nitriles is 1. The summed E-state index contributed by atoms with van der Waals surface area (Å²) in [6.45, 7) is 4.65. The third kappa shape index (κ3) is 8.20. The van der Waals surface area contributed by atoms with Crippen molar-refractivity contribution in [3.05, 3.63) is 112 Å². The van der Waals surface area contributed by atoms with Gasteiger partial charge in [0.25, 0.3) is 11.8 Å². The number of halogens is 1. The van der Waals surface area contributed by atoms with Crippen LogP contribution in [0.1, 0.15) is 76.9 Å². The smallest absolute Gasteiger partial charge is 0.262 e. The molecule has 1 fully saturated rings. The monoisotopic (exact) mass is 820 g/mol. The average Bonchev–Trinajstić information content (AvgIpc) is 3.43. The van der Waals surface area contributed by atoms with Crippen LogP contribution in [0.3, 0.4) is 0 Å². The van der Waals surface area contributed by atoms with Gasteiger partial charge in [-0.3, -0.25) is 34.1 Å². The number of aromatic nitrogens is 2. The Labute approximate surface area is 339 Å². The molecule has 3 heterocycles. The molecule has 1 atom stereocenters. The first kappa shape index (κ1) is 39.8. The molecule has 14 nitrogen and oxygen atoms in total. The number of sulfonamides is 1. The Bertz CT molecular complexity index is 2660. The van der Waals surface area contributed by atoms with E-state index >= 15 is 0 Å². The van der Waals surface area contributed by atoms with E-state index in [1.807, 2.05) is 62.4 Å². The van der Waals surface area contributed by atoms with Gasteiger partial charge in [0, 0.05) is 23.4 Å². The number of hydrogen-bond acceptors (Lipinski definition) is 11. The second kappa shape index (κ2) is 15.9. The fourth-order valence-corrected chi connectivity index (χ4v) is 7.67. The third-order valence-corrected chi connectivity index (χ3v) is 11.0. The predicted octanol–water partition coefficient (Wildman–Crippen LogP) is 6.16. The number of anilines is 1. The molecule has 1 unspecified atom stereocenters.